The molecule has 1 aliphatic heterocycles. The minimum absolute atomic E-state index is 0.0350. The third-order valence-electron chi connectivity index (χ3n) is 2.53. The number of fused-ring (bicyclic) bond motifs is 1. The Bertz CT molecular complexity index is 456. The second kappa shape index (κ2) is 3.87. The van der Waals surface area contributed by atoms with Crippen LogP contribution >= 0.6 is 11.6 Å². The number of ether oxygens (including phenoxy) is 2. The van der Waals surface area contributed by atoms with Crippen LogP contribution in [0.5, 0.6) is 11.5 Å². The molecule has 2 rings (SSSR count). The molecule has 1 heterocycles. The summed E-state index contributed by atoms with van der Waals surface area (Å²) in [5.74, 6) is -0.455. The Balaban J connectivity index is 2.63. The fraction of sp³-hybridized carbons (Fsp3) is 0.364. The number of cyclic esters (lactones) is 1. The van der Waals surface area contributed by atoms with E-state index in [1.807, 2.05) is 0 Å². The SMILES string of the molecule is COc1cc2c(c(O)c1Cl)C(=O)OC(C)C2. The number of phenolic OH excluding ortho intramolecular Hbond substituents is 1. The molecule has 1 atom stereocenters. The van der Waals surface area contributed by atoms with Gasteiger partial charge in [-0.05, 0) is 18.6 Å². The maximum absolute atomic E-state index is 11.6. The monoisotopic (exact) mass is 242 g/mol. The molecule has 0 aliphatic carbocycles. The van der Waals surface area contributed by atoms with Gasteiger partial charge in [-0.2, -0.15) is 0 Å². The minimum Gasteiger partial charge on any atom is -0.505 e. The average molecular weight is 243 g/mol. The number of methoxy groups -OCH3 is 1. The van der Waals surface area contributed by atoms with E-state index in [9.17, 15) is 9.90 Å². The zero-order valence-electron chi connectivity index (χ0n) is 8.91. The highest BCUT2D eigenvalue weighted by Gasteiger charge is 2.29. The van der Waals surface area contributed by atoms with Crippen molar-refractivity contribution in [3.63, 3.8) is 0 Å². The Morgan fingerprint density at radius 2 is 2.31 bits per heavy atom. The Labute approximate surface area is 97.7 Å². The van der Waals surface area contributed by atoms with E-state index >= 15 is 0 Å². The number of aromatic hydroxyl groups is 1. The Morgan fingerprint density at radius 1 is 1.62 bits per heavy atom. The van der Waals surface area contributed by atoms with Crippen molar-refractivity contribution < 1.29 is 19.4 Å². The molecule has 1 N–H and O–H groups in total. The quantitative estimate of drug-likeness (QED) is 0.767. The molecule has 0 aromatic heterocycles. The van der Waals surface area contributed by atoms with E-state index in [4.69, 9.17) is 21.1 Å². The first kappa shape index (κ1) is 11.1. The number of carbonyl (C=O) groups excluding carboxylic acids is 1. The number of hydrogen-bond acceptors (Lipinski definition) is 4. The van der Waals surface area contributed by atoms with Crippen LogP contribution in [-0.4, -0.2) is 24.3 Å². The standard InChI is InChI=1S/C11H11ClO4/c1-5-3-6-4-7(15-2)9(12)10(13)8(6)11(14)16-5/h4-5,13H,3H2,1-2H3. The van der Waals surface area contributed by atoms with Gasteiger partial charge in [-0.3, -0.25) is 0 Å². The van der Waals surface area contributed by atoms with Gasteiger partial charge in [0.05, 0.1) is 7.11 Å². The van der Waals surface area contributed by atoms with Crippen molar-refractivity contribution in [3.05, 3.63) is 22.2 Å². The zero-order chi connectivity index (χ0) is 11.9. The van der Waals surface area contributed by atoms with Crippen molar-refractivity contribution >= 4 is 17.6 Å². The van der Waals surface area contributed by atoms with E-state index in [1.165, 1.54) is 7.11 Å². The van der Waals surface area contributed by atoms with Crippen LogP contribution in [0.1, 0.15) is 22.8 Å². The molecule has 0 radical (unpaired) electrons. The Hall–Kier alpha value is -1.42. The number of carbonyl (C=O) groups is 1. The van der Waals surface area contributed by atoms with Crippen LogP contribution in [0.15, 0.2) is 6.07 Å². The highest BCUT2D eigenvalue weighted by molar-refractivity contribution is 6.34. The Morgan fingerprint density at radius 3 is 2.94 bits per heavy atom. The third kappa shape index (κ3) is 1.59. The molecule has 4 nitrogen and oxygen atoms in total. The summed E-state index contributed by atoms with van der Waals surface area (Å²) in [5, 5.41) is 9.83. The van der Waals surface area contributed by atoms with Gasteiger partial charge >= 0.3 is 5.97 Å². The molecule has 1 aromatic rings. The fourth-order valence-electron chi connectivity index (χ4n) is 1.80. The largest absolute Gasteiger partial charge is 0.505 e. The summed E-state index contributed by atoms with van der Waals surface area (Å²) < 4.78 is 10.0. The van der Waals surface area contributed by atoms with Gasteiger partial charge in [-0.25, -0.2) is 4.79 Å². The average Bonchev–Trinajstić information content (AvgIpc) is 2.22. The number of rotatable bonds is 1. The summed E-state index contributed by atoms with van der Waals surface area (Å²) >= 11 is 5.85. The predicted molar refractivity (Wildman–Crippen MR) is 58.3 cm³/mol. The molecule has 0 bridgehead atoms. The number of phenols is 1. The summed E-state index contributed by atoms with van der Waals surface area (Å²) in [6, 6.07) is 1.66. The first-order valence-electron chi connectivity index (χ1n) is 4.84. The lowest BCUT2D eigenvalue weighted by Crippen LogP contribution is -2.25. The summed E-state index contributed by atoms with van der Waals surface area (Å²) in [6.45, 7) is 1.79. The van der Waals surface area contributed by atoms with Crippen molar-refractivity contribution in [1.82, 2.24) is 0 Å². The lowest BCUT2D eigenvalue weighted by molar-refractivity contribution is 0.0297. The van der Waals surface area contributed by atoms with Crippen LogP contribution in [0.3, 0.4) is 0 Å². The maximum atomic E-state index is 11.6. The van der Waals surface area contributed by atoms with E-state index in [0.717, 1.165) is 0 Å². The van der Waals surface area contributed by atoms with Gasteiger partial charge in [-0.1, -0.05) is 11.6 Å². The molecule has 0 spiro atoms. The van der Waals surface area contributed by atoms with E-state index in [2.05, 4.69) is 0 Å². The number of benzene rings is 1. The van der Waals surface area contributed by atoms with Crippen LogP contribution < -0.4 is 4.74 Å². The van der Waals surface area contributed by atoms with Crippen molar-refractivity contribution in [3.8, 4) is 11.5 Å². The normalized spacial score (nSPS) is 18.9. The van der Waals surface area contributed by atoms with E-state index in [0.29, 0.717) is 17.7 Å². The maximum Gasteiger partial charge on any atom is 0.342 e. The van der Waals surface area contributed by atoms with E-state index < -0.39 is 5.97 Å². The second-order valence-electron chi connectivity index (χ2n) is 3.70. The molecule has 1 aromatic carbocycles. The zero-order valence-corrected chi connectivity index (χ0v) is 9.67. The van der Waals surface area contributed by atoms with Gasteiger partial charge in [0.25, 0.3) is 0 Å². The molecule has 0 fully saturated rings. The van der Waals surface area contributed by atoms with Crippen molar-refractivity contribution in [2.75, 3.05) is 7.11 Å². The van der Waals surface area contributed by atoms with Crippen molar-refractivity contribution in [2.24, 2.45) is 0 Å². The number of hydrogen-bond donors (Lipinski definition) is 1. The van der Waals surface area contributed by atoms with Gasteiger partial charge in [-0.15, -0.1) is 0 Å². The molecule has 0 saturated heterocycles. The van der Waals surface area contributed by atoms with E-state index in [1.54, 1.807) is 13.0 Å². The minimum atomic E-state index is -0.546. The fourth-order valence-corrected chi connectivity index (χ4v) is 2.03. The van der Waals surface area contributed by atoms with Crippen LogP contribution in [-0.2, 0) is 11.2 Å². The lowest BCUT2D eigenvalue weighted by atomic mass is 9.98. The van der Waals surface area contributed by atoms with Gasteiger partial charge in [0.2, 0.25) is 0 Å². The smallest absolute Gasteiger partial charge is 0.342 e. The van der Waals surface area contributed by atoms with Crippen molar-refractivity contribution in [2.45, 2.75) is 19.4 Å². The molecular weight excluding hydrogens is 232 g/mol. The summed E-state index contributed by atoms with van der Waals surface area (Å²) in [4.78, 5) is 11.6. The first-order chi connectivity index (χ1) is 7.54. The van der Waals surface area contributed by atoms with Crippen molar-refractivity contribution in [1.29, 1.82) is 0 Å². The predicted octanol–water partition coefficient (Wildman–Crippen LogP) is 2.16. The topological polar surface area (TPSA) is 55.8 Å². The first-order valence-corrected chi connectivity index (χ1v) is 5.21. The van der Waals surface area contributed by atoms with Crippen LogP contribution in [0, 0.1) is 0 Å². The molecule has 0 saturated carbocycles. The lowest BCUT2D eigenvalue weighted by Gasteiger charge is -2.23. The number of esters is 1. The molecule has 16 heavy (non-hydrogen) atoms. The van der Waals surface area contributed by atoms with Crippen LogP contribution in [0.25, 0.3) is 0 Å². The molecular formula is C11H11ClO4. The molecule has 1 unspecified atom stereocenters. The van der Waals surface area contributed by atoms with E-state index in [-0.39, 0.29) is 22.4 Å². The molecule has 86 valence electrons. The molecule has 5 heteroatoms. The highest BCUT2D eigenvalue weighted by Crippen LogP contribution is 2.40. The van der Waals surface area contributed by atoms with Crippen LogP contribution in [0.2, 0.25) is 5.02 Å². The summed E-state index contributed by atoms with van der Waals surface area (Å²) in [6.07, 6.45) is 0.340. The number of halogens is 1. The molecule has 1 aliphatic rings. The van der Waals surface area contributed by atoms with Gasteiger partial charge in [0.15, 0.2) is 5.75 Å². The summed E-state index contributed by atoms with van der Waals surface area (Å²) in [5.41, 5.74) is 0.839. The van der Waals surface area contributed by atoms with Gasteiger partial charge in [0, 0.05) is 6.42 Å². The van der Waals surface area contributed by atoms with Crippen LogP contribution in [0.4, 0.5) is 0 Å². The van der Waals surface area contributed by atoms with Gasteiger partial charge in [0.1, 0.15) is 22.4 Å². The summed E-state index contributed by atoms with van der Waals surface area (Å²) in [7, 11) is 1.46. The Kier molecular flexibility index (Phi) is 2.68. The van der Waals surface area contributed by atoms with Gasteiger partial charge < -0.3 is 14.6 Å². The second-order valence-corrected chi connectivity index (χ2v) is 4.07. The third-order valence-corrected chi connectivity index (χ3v) is 2.89. The highest BCUT2D eigenvalue weighted by atomic mass is 35.5. The molecule has 0 amide bonds.